The van der Waals surface area contributed by atoms with Crippen LogP contribution in [0.1, 0.15) is 38.6 Å². The van der Waals surface area contributed by atoms with Crippen LogP contribution < -0.4 is 10.5 Å². The zero-order chi connectivity index (χ0) is 10.1. The monoisotopic (exact) mass is 196 g/mol. The van der Waals surface area contributed by atoms with Gasteiger partial charge in [0.2, 0.25) is 0 Å². The molecular weight excluding hydrogens is 180 g/mol. The van der Waals surface area contributed by atoms with Gasteiger partial charge in [0.25, 0.3) is 0 Å². The topological polar surface area (TPSA) is 66.0 Å². The number of ether oxygens (including phenoxy) is 1. The number of hydrogen-bond donors (Lipinski definition) is 1. The average molecular weight is 196 g/mol. The normalized spacial score (nSPS) is 16.3. The molecule has 2 rings (SSSR count). The molecule has 0 unspecified atom stereocenters. The molecule has 2 N–H and O–H groups in total. The minimum absolute atomic E-state index is 0.127. The Bertz CT molecular complexity index is 317. The lowest BCUT2D eigenvalue weighted by Crippen LogP contribution is -2.13. The van der Waals surface area contributed by atoms with Crippen molar-refractivity contribution in [3.05, 3.63) is 5.82 Å². The van der Waals surface area contributed by atoms with Crippen molar-refractivity contribution in [3.8, 4) is 6.01 Å². The number of rotatable bonds is 4. The van der Waals surface area contributed by atoms with Crippen LogP contribution in [0.5, 0.6) is 6.01 Å². The minimum Gasteiger partial charge on any atom is -0.461 e. The molecule has 1 saturated carbocycles. The van der Waals surface area contributed by atoms with E-state index in [1.807, 2.05) is 18.4 Å². The molecule has 1 aromatic heterocycles. The quantitative estimate of drug-likeness (QED) is 0.775. The van der Waals surface area contributed by atoms with Gasteiger partial charge >= 0.3 is 6.01 Å². The van der Waals surface area contributed by atoms with E-state index in [-0.39, 0.29) is 6.10 Å². The maximum absolute atomic E-state index is 5.58. The summed E-state index contributed by atoms with van der Waals surface area (Å²) in [6.07, 6.45) is 2.49. The summed E-state index contributed by atoms with van der Waals surface area (Å²) in [5.41, 5.74) is 5.58. The lowest BCUT2D eigenvalue weighted by molar-refractivity contribution is 0.210. The van der Waals surface area contributed by atoms with Crippen LogP contribution in [0.2, 0.25) is 0 Å². The molecule has 1 aliphatic rings. The molecule has 0 radical (unpaired) electrons. The van der Waals surface area contributed by atoms with E-state index >= 15 is 0 Å². The van der Waals surface area contributed by atoms with E-state index in [1.165, 1.54) is 12.8 Å². The second-order valence-electron chi connectivity index (χ2n) is 3.87. The smallest absolute Gasteiger partial charge is 0.317 e. The van der Waals surface area contributed by atoms with Gasteiger partial charge in [0, 0.05) is 6.04 Å². The zero-order valence-electron chi connectivity index (χ0n) is 8.60. The standard InChI is InChI=1S/C9H16N4O/c1-6(2)14-9-12-11-8(5-10)13(9)7-3-4-7/h6-7H,3-5,10H2,1-2H3. The maximum Gasteiger partial charge on any atom is 0.317 e. The summed E-state index contributed by atoms with van der Waals surface area (Å²) in [4.78, 5) is 0. The number of hydrogen-bond acceptors (Lipinski definition) is 4. The molecule has 0 spiro atoms. The highest BCUT2D eigenvalue weighted by Crippen LogP contribution is 2.38. The fraction of sp³-hybridized carbons (Fsp3) is 0.778. The van der Waals surface area contributed by atoms with Crippen molar-refractivity contribution < 1.29 is 4.74 Å². The van der Waals surface area contributed by atoms with Crippen molar-refractivity contribution in [3.63, 3.8) is 0 Å². The van der Waals surface area contributed by atoms with Gasteiger partial charge in [0.15, 0.2) is 0 Å². The summed E-state index contributed by atoms with van der Waals surface area (Å²) in [5, 5.41) is 8.01. The van der Waals surface area contributed by atoms with Gasteiger partial charge in [0.1, 0.15) is 5.82 Å². The van der Waals surface area contributed by atoms with Crippen molar-refractivity contribution in [1.29, 1.82) is 0 Å². The highest BCUT2D eigenvalue weighted by atomic mass is 16.5. The van der Waals surface area contributed by atoms with Gasteiger partial charge in [-0.2, -0.15) is 0 Å². The molecular formula is C9H16N4O. The summed E-state index contributed by atoms with van der Waals surface area (Å²) in [6.45, 7) is 4.38. The average Bonchev–Trinajstić information content (AvgIpc) is 2.88. The molecule has 1 aliphatic carbocycles. The SMILES string of the molecule is CC(C)Oc1nnc(CN)n1C1CC1. The van der Waals surface area contributed by atoms with Crippen LogP contribution in [-0.4, -0.2) is 20.9 Å². The molecule has 0 bridgehead atoms. The maximum atomic E-state index is 5.58. The van der Waals surface area contributed by atoms with Gasteiger partial charge < -0.3 is 10.5 Å². The molecule has 78 valence electrons. The van der Waals surface area contributed by atoms with Crippen LogP contribution in [0.4, 0.5) is 0 Å². The molecule has 5 nitrogen and oxygen atoms in total. The second kappa shape index (κ2) is 3.57. The van der Waals surface area contributed by atoms with Crippen molar-refractivity contribution in [1.82, 2.24) is 14.8 Å². The summed E-state index contributed by atoms with van der Waals surface area (Å²) in [7, 11) is 0. The van der Waals surface area contributed by atoms with Gasteiger partial charge in [0.05, 0.1) is 12.6 Å². The summed E-state index contributed by atoms with van der Waals surface area (Å²) in [6, 6.07) is 1.13. The summed E-state index contributed by atoms with van der Waals surface area (Å²) in [5.74, 6) is 0.822. The number of nitrogens with two attached hydrogens (primary N) is 1. The molecule has 1 aromatic rings. The van der Waals surface area contributed by atoms with Crippen molar-refractivity contribution in [2.24, 2.45) is 5.73 Å². The van der Waals surface area contributed by atoms with Gasteiger partial charge in [-0.1, -0.05) is 5.10 Å². The lowest BCUT2D eigenvalue weighted by atomic mass is 10.5. The van der Waals surface area contributed by atoms with Gasteiger partial charge in [-0.05, 0) is 26.7 Å². The van der Waals surface area contributed by atoms with Crippen molar-refractivity contribution in [2.45, 2.75) is 45.4 Å². The van der Waals surface area contributed by atoms with E-state index in [4.69, 9.17) is 10.5 Å². The molecule has 5 heteroatoms. The Labute approximate surface area is 83.3 Å². The van der Waals surface area contributed by atoms with Crippen LogP contribution in [0.15, 0.2) is 0 Å². The summed E-state index contributed by atoms with van der Waals surface area (Å²) < 4.78 is 7.59. The van der Waals surface area contributed by atoms with Gasteiger partial charge in [-0.3, -0.25) is 4.57 Å². The van der Waals surface area contributed by atoms with Gasteiger partial charge in [-0.25, -0.2) is 0 Å². The molecule has 0 amide bonds. The van der Waals surface area contributed by atoms with Crippen molar-refractivity contribution in [2.75, 3.05) is 0 Å². The molecule has 1 fully saturated rings. The highest BCUT2D eigenvalue weighted by molar-refractivity contribution is 5.07. The number of nitrogens with zero attached hydrogens (tertiary/aromatic N) is 3. The molecule has 1 heterocycles. The highest BCUT2D eigenvalue weighted by Gasteiger charge is 2.30. The Hall–Kier alpha value is -1.10. The van der Waals surface area contributed by atoms with Crippen LogP contribution in [0, 0.1) is 0 Å². The summed E-state index contributed by atoms with van der Waals surface area (Å²) >= 11 is 0. The zero-order valence-corrected chi connectivity index (χ0v) is 8.60. The molecule has 14 heavy (non-hydrogen) atoms. The van der Waals surface area contributed by atoms with E-state index in [0.29, 0.717) is 18.6 Å². The van der Waals surface area contributed by atoms with E-state index in [1.54, 1.807) is 0 Å². The van der Waals surface area contributed by atoms with E-state index < -0.39 is 0 Å². The largest absolute Gasteiger partial charge is 0.461 e. The fourth-order valence-corrected chi connectivity index (χ4v) is 1.44. The van der Waals surface area contributed by atoms with E-state index in [0.717, 1.165) is 5.82 Å². The predicted octanol–water partition coefficient (Wildman–Crippen LogP) is 0.859. The Kier molecular flexibility index (Phi) is 2.41. The van der Waals surface area contributed by atoms with E-state index in [9.17, 15) is 0 Å². The third kappa shape index (κ3) is 1.72. The molecule has 0 aromatic carbocycles. The van der Waals surface area contributed by atoms with Crippen LogP contribution in [0.25, 0.3) is 0 Å². The lowest BCUT2D eigenvalue weighted by Gasteiger charge is -2.10. The van der Waals surface area contributed by atoms with E-state index in [2.05, 4.69) is 10.2 Å². The second-order valence-corrected chi connectivity index (χ2v) is 3.87. The third-order valence-electron chi connectivity index (χ3n) is 2.17. The first-order valence-electron chi connectivity index (χ1n) is 5.03. The first-order chi connectivity index (χ1) is 6.72. The first kappa shape index (κ1) is 9.45. The fourth-order valence-electron chi connectivity index (χ4n) is 1.44. The number of aromatic nitrogens is 3. The van der Waals surface area contributed by atoms with Crippen LogP contribution in [0.3, 0.4) is 0 Å². The third-order valence-corrected chi connectivity index (χ3v) is 2.17. The molecule has 0 atom stereocenters. The molecule has 0 aliphatic heterocycles. The predicted molar refractivity (Wildman–Crippen MR) is 51.9 cm³/mol. The van der Waals surface area contributed by atoms with Gasteiger partial charge in [-0.15, -0.1) is 5.10 Å². The van der Waals surface area contributed by atoms with Crippen LogP contribution in [-0.2, 0) is 6.54 Å². The Balaban J connectivity index is 2.25. The molecule has 0 saturated heterocycles. The van der Waals surface area contributed by atoms with Crippen LogP contribution >= 0.6 is 0 Å². The Morgan fingerprint density at radius 2 is 2.21 bits per heavy atom. The Morgan fingerprint density at radius 1 is 1.50 bits per heavy atom. The Morgan fingerprint density at radius 3 is 2.71 bits per heavy atom. The minimum atomic E-state index is 0.127. The van der Waals surface area contributed by atoms with Crippen molar-refractivity contribution >= 4 is 0 Å². The first-order valence-corrected chi connectivity index (χ1v) is 5.03.